The standard InChI is InChI=1S/C18H23N3O4/c22-16-11-25-18(12-19-16)5-6-21(13-18)17(23)14-3-1-2-4-15(14)20-7-9-24-10-8-20/h1-4H,5-13H2,(H,19,22). The van der Waals surface area contributed by atoms with Crippen molar-refractivity contribution < 1.29 is 19.1 Å². The normalized spacial score (nSPS) is 26.8. The van der Waals surface area contributed by atoms with E-state index in [1.54, 1.807) is 0 Å². The number of morpholine rings is 2. The number of anilines is 1. The highest BCUT2D eigenvalue weighted by molar-refractivity contribution is 6.00. The summed E-state index contributed by atoms with van der Waals surface area (Å²) in [5.74, 6) is -0.0625. The van der Waals surface area contributed by atoms with E-state index in [1.807, 2.05) is 29.2 Å². The molecule has 0 saturated carbocycles. The number of rotatable bonds is 2. The summed E-state index contributed by atoms with van der Waals surface area (Å²) < 4.78 is 11.2. The Labute approximate surface area is 146 Å². The number of carbonyl (C=O) groups is 2. The molecule has 1 atom stereocenters. The zero-order valence-corrected chi connectivity index (χ0v) is 14.2. The van der Waals surface area contributed by atoms with Crippen molar-refractivity contribution in [2.24, 2.45) is 0 Å². The summed E-state index contributed by atoms with van der Waals surface area (Å²) in [6, 6.07) is 7.76. The van der Waals surface area contributed by atoms with Crippen LogP contribution >= 0.6 is 0 Å². The highest BCUT2D eigenvalue weighted by atomic mass is 16.5. The highest BCUT2D eigenvalue weighted by Crippen LogP contribution is 2.30. The largest absolute Gasteiger partial charge is 0.378 e. The van der Waals surface area contributed by atoms with Crippen LogP contribution in [-0.4, -0.2) is 74.9 Å². The first-order valence-corrected chi connectivity index (χ1v) is 8.79. The molecule has 134 valence electrons. The van der Waals surface area contributed by atoms with Gasteiger partial charge in [-0.25, -0.2) is 0 Å². The molecule has 0 aliphatic carbocycles. The summed E-state index contributed by atoms with van der Waals surface area (Å²) in [6.07, 6.45) is 0.749. The summed E-state index contributed by atoms with van der Waals surface area (Å²) >= 11 is 0. The number of hydrogen-bond donors (Lipinski definition) is 1. The second kappa shape index (κ2) is 6.65. The molecule has 7 nitrogen and oxygen atoms in total. The molecule has 0 aromatic heterocycles. The number of hydrogen-bond acceptors (Lipinski definition) is 5. The summed E-state index contributed by atoms with van der Waals surface area (Å²) in [6.45, 7) is 4.67. The first-order chi connectivity index (χ1) is 12.2. The van der Waals surface area contributed by atoms with Crippen LogP contribution < -0.4 is 10.2 Å². The summed E-state index contributed by atoms with van der Waals surface area (Å²) in [4.78, 5) is 28.5. The molecule has 7 heteroatoms. The van der Waals surface area contributed by atoms with E-state index < -0.39 is 5.60 Å². The third kappa shape index (κ3) is 3.21. The van der Waals surface area contributed by atoms with Gasteiger partial charge in [-0.05, 0) is 18.6 Å². The Bertz CT molecular complexity index is 662. The van der Waals surface area contributed by atoms with Gasteiger partial charge in [-0.2, -0.15) is 0 Å². The van der Waals surface area contributed by atoms with E-state index in [1.165, 1.54) is 0 Å². The van der Waals surface area contributed by atoms with Crippen molar-refractivity contribution in [1.29, 1.82) is 0 Å². The van der Waals surface area contributed by atoms with Crippen molar-refractivity contribution >= 4 is 17.5 Å². The number of para-hydroxylation sites is 1. The first kappa shape index (κ1) is 16.4. The number of carbonyl (C=O) groups excluding carboxylic acids is 2. The average molecular weight is 345 g/mol. The zero-order chi connectivity index (χ0) is 17.3. The third-order valence-electron chi connectivity index (χ3n) is 5.21. The summed E-state index contributed by atoms with van der Waals surface area (Å²) in [5, 5.41) is 2.85. The molecule has 0 radical (unpaired) electrons. The minimum Gasteiger partial charge on any atom is -0.378 e. The Kier molecular flexibility index (Phi) is 4.35. The van der Waals surface area contributed by atoms with Crippen LogP contribution in [0, 0.1) is 0 Å². The molecule has 0 bridgehead atoms. The second-order valence-electron chi connectivity index (χ2n) is 6.84. The summed E-state index contributed by atoms with van der Waals surface area (Å²) in [7, 11) is 0. The number of likely N-dealkylation sites (tertiary alicyclic amines) is 1. The number of benzene rings is 1. The number of amides is 2. The molecular weight excluding hydrogens is 322 g/mol. The highest BCUT2D eigenvalue weighted by Gasteiger charge is 2.44. The van der Waals surface area contributed by atoms with Gasteiger partial charge in [-0.3, -0.25) is 9.59 Å². The molecule has 1 aromatic rings. The lowest BCUT2D eigenvalue weighted by Gasteiger charge is -2.34. The Morgan fingerprint density at radius 1 is 1.16 bits per heavy atom. The van der Waals surface area contributed by atoms with Crippen LogP contribution in [0.1, 0.15) is 16.8 Å². The summed E-state index contributed by atoms with van der Waals surface area (Å²) in [5.41, 5.74) is 1.26. The maximum atomic E-state index is 13.1. The van der Waals surface area contributed by atoms with Crippen LogP contribution in [0.5, 0.6) is 0 Å². The van der Waals surface area contributed by atoms with Crippen molar-refractivity contribution in [3.63, 3.8) is 0 Å². The van der Waals surface area contributed by atoms with Gasteiger partial charge < -0.3 is 24.6 Å². The van der Waals surface area contributed by atoms with E-state index in [-0.39, 0.29) is 18.4 Å². The SMILES string of the molecule is O=C1COC2(CCN(C(=O)c3ccccc3N3CCOCC3)C2)CN1. The lowest BCUT2D eigenvalue weighted by molar-refractivity contribution is -0.141. The van der Waals surface area contributed by atoms with Crippen molar-refractivity contribution in [3.8, 4) is 0 Å². The van der Waals surface area contributed by atoms with E-state index in [9.17, 15) is 9.59 Å². The van der Waals surface area contributed by atoms with Crippen LogP contribution in [0.4, 0.5) is 5.69 Å². The predicted octanol–water partition coefficient (Wildman–Crippen LogP) is 0.254. The average Bonchev–Trinajstić information content (AvgIpc) is 3.08. The molecule has 3 aliphatic rings. The van der Waals surface area contributed by atoms with E-state index in [2.05, 4.69) is 10.2 Å². The van der Waals surface area contributed by atoms with Gasteiger partial charge in [0.05, 0.1) is 25.3 Å². The number of nitrogens with one attached hydrogen (secondary N) is 1. The second-order valence-corrected chi connectivity index (χ2v) is 6.84. The molecule has 3 heterocycles. The van der Waals surface area contributed by atoms with Crippen LogP contribution in [0.25, 0.3) is 0 Å². The van der Waals surface area contributed by atoms with E-state index in [0.29, 0.717) is 32.8 Å². The van der Waals surface area contributed by atoms with Crippen LogP contribution in [0.3, 0.4) is 0 Å². The van der Waals surface area contributed by atoms with E-state index >= 15 is 0 Å². The fourth-order valence-corrected chi connectivity index (χ4v) is 3.77. The van der Waals surface area contributed by atoms with Crippen molar-refractivity contribution in [1.82, 2.24) is 10.2 Å². The van der Waals surface area contributed by atoms with Crippen LogP contribution in [-0.2, 0) is 14.3 Å². The fraction of sp³-hybridized carbons (Fsp3) is 0.556. The fourth-order valence-electron chi connectivity index (χ4n) is 3.77. The molecule has 1 aromatic carbocycles. The van der Waals surface area contributed by atoms with Gasteiger partial charge in [0.15, 0.2) is 0 Å². The molecule has 25 heavy (non-hydrogen) atoms. The van der Waals surface area contributed by atoms with E-state index in [0.717, 1.165) is 30.8 Å². The maximum absolute atomic E-state index is 13.1. The predicted molar refractivity (Wildman–Crippen MR) is 91.7 cm³/mol. The van der Waals surface area contributed by atoms with Gasteiger partial charge in [0.25, 0.3) is 5.91 Å². The molecule has 1 unspecified atom stereocenters. The molecule has 2 amide bonds. The topological polar surface area (TPSA) is 71.1 Å². The quantitative estimate of drug-likeness (QED) is 0.832. The number of nitrogens with zero attached hydrogens (tertiary/aromatic N) is 2. The Balaban J connectivity index is 1.51. The number of ether oxygens (including phenoxy) is 2. The van der Waals surface area contributed by atoms with Crippen molar-refractivity contribution in [3.05, 3.63) is 29.8 Å². The van der Waals surface area contributed by atoms with Crippen molar-refractivity contribution in [2.75, 3.05) is 57.4 Å². The smallest absolute Gasteiger partial charge is 0.256 e. The van der Waals surface area contributed by atoms with Gasteiger partial charge in [-0.1, -0.05) is 12.1 Å². The minimum absolute atomic E-state index is 0.0273. The molecule has 4 rings (SSSR count). The molecule has 3 saturated heterocycles. The van der Waals surface area contributed by atoms with Gasteiger partial charge in [-0.15, -0.1) is 0 Å². The molecular formula is C18H23N3O4. The molecule has 1 N–H and O–H groups in total. The van der Waals surface area contributed by atoms with Gasteiger partial charge in [0.1, 0.15) is 12.2 Å². The van der Waals surface area contributed by atoms with Gasteiger partial charge >= 0.3 is 0 Å². The van der Waals surface area contributed by atoms with Crippen LogP contribution in [0.2, 0.25) is 0 Å². The van der Waals surface area contributed by atoms with Crippen molar-refractivity contribution in [2.45, 2.75) is 12.0 Å². The molecule has 3 aliphatic heterocycles. The Hall–Kier alpha value is -2.12. The Morgan fingerprint density at radius 2 is 1.96 bits per heavy atom. The van der Waals surface area contributed by atoms with Gasteiger partial charge in [0.2, 0.25) is 5.91 Å². The van der Waals surface area contributed by atoms with Gasteiger partial charge in [0, 0.05) is 31.9 Å². The molecule has 1 spiro atoms. The first-order valence-electron chi connectivity index (χ1n) is 8.79. The van der Waals surface area contributed by atoms with E-state index in [4.69, 9.17) is 9.47 Å². The lowest BCUT2D eigenvalue weighted by atomic mass is 10.0. The third-order valence-corrected chi connectivity index (χ3v) is 5.21. The monoisotopic (exact) mass is 345 g/mol. The lowest BCUT2D eigenvalue weighted by Crippen LogP contribution is -2.54. The Morgan fingerprint density at radius 3 is 2.72 bits per heavy atom. The molecule has 3 fully saturated rings. The minimum atomic E-state index is -0.433. The van der Waals surface area contributed by atoms with Crippen LogP contribution in [0.15, 0.2) is 24.3 Å². The maximum Gasteiger partial charge on any atom is 0.256 e. The zero-order valence-electron chi connectivity index (χ0n) is 14.2.